The van der Waals surface area contributed by atoms with Gasteiger partial charge in [0.05, 0.1) is 38.7 Å². The highest BCUT2D eigenvalue weighted by Gasteiger charge is 2.51. The lowest BCUT2D eigenvalue weighted by atomic mass is 10.0. The normalized spacial score (nSPS) is 28.9. The highest BCUT2D eigenvalue weighted by Crippen LogP contribution is 2.57. The fourth-order valence-corrected chi connectivity index (χ4v) is 5.57. The molecule has 0 spiro atoms. The molecule has 0 unspecified atom stereocenters. The fourth-order valence-electron chi connectivity index (χ4n) is 3.95. The number of fused-ring (bicyclic) bond motifs is 2. The molecule has 4 heterocycles. The molecule has 2 N–H and O–H groups in total. The Morgan fingerprint density at radius 1 is 1.38 bits per heavy atom. The number of rotatable bonds is 9. The summed E-state index contributed by atoms with van der Waals surface area (Å²) in [5.41, 5.74) is 6.79. The first-order valence-corrected chi connectivity index (χ1v) is 12.9. The van der Waals surface area contributed by atoms with Crippen LogP contribution < -0.4 is 10.5 Å². The molecule has 0 aromatic carbocycles. The van der Waals surface area contributed by atoms with Gasteiger partial charge >= 0.3 is 13.6 Å². The van der Waals surface area contributed by atoms with Crippen molar-refractivity contribution in [2.45, 2.75) is 58.7 Å². The molecule has 2 saturated heterocycles. The highest BCUT2D eigenvalue weighted by molar-refractivity contribution is 7.53. The van der Waals surface area contributed by atoms with Crippen molar-refractivity contribution in [2.24, 2.45) is 5.92 Å². The van der Waals surface area contributed by atoms with Crippen LogP contribution in [-0.4, -0.2) is 70.0 Å². The van der Waals surface area contributed by atoms with Crippen LogP contribution in [0.3, 0.4) is 0 Å². The molecule has 0 aliphatic carbocycles. The van der Waals surface area contributed by atoms with E-state index in [1.165, 1.54) is 0 Å². The monoisotopic (exact) mass is 499 g/mol. The SMILES string of the molecule is CCOc1nc(N)nc2c1ncn2[C@@H]1O[C@@H]2CO[P@@](=O)(COCCC(=O)OC(C)C)O[C@H]2[C@@H]1C. The van der Waals surface area contributed by atoms with Gasteiger partial charge in [0, 0.05) is 5.92 Å². The van der Waals surface area contributed by atoms with Crippen LogP contribution in [-0.2, 0) is 32.6 Å². The van der Waals surface area contributed by atoms with E-state index < -0.39 is 26.0 Å². The number of carbonyl (C=O) groups excluding carboxylic acids is 1. The number of hydrogen-bond donors (Lipinski definition) is 1. The van der Waals surface area contributed by atoms with Crippen molar-refractivity contribution >= 4 is 30.7 Å². The second-order valence-electron chi connectivity index (χ2n) is 8.37. The molecule has 4 rings (SSSR count). The van der Waals surface area contributed by atoms with Gasteiger partial charge < -0.3 is 33.7 Å². The lowest BCUT2D eigenvalue weighted by molar-refractivity contribution is -0.148. The second-order valence-corrected chi connectivity index (χ2v) is 10.3. The van der Waals surface area contributed by atoms with Gasteiger partial charge in [0.2, 0.25) is 11.8 Å². The van der Waals surface area contributed by atoms with Crippen LogP contribution in [0.1, 0.15) is 40.3 Å². The average molecular weight is 499 g/mol. The summed E-state index contributed by atoms with van der Waals surface area (Å²) >= 11 is 0. The first-order chi connectivity index (χ1) is 16.2. The van der Waals surface area contributed by atoms with Crippen LogP contribution in [0, 0.1) is 5.92 Å². The molecule has 14 heteroatoms. The largest absolute Gasteiger partial charge is 0.476 e. The molecule has 2 aliphatic heterocycles. The molecular formula is C20H30N5O8P. The molecule has 13 nitrogen and oxygen atoms in total. The van der Waals surface area contributed by atoms with Crippen molar-refractivity contribution in [2.75, 3.05) is 31.9 Å². The molecule has 34 heavy (non-hydrogen) atoms. The number of hydrogen-bond acceptors (Lipinski definition) is 12. The van der Waals surface area contributed by atoms with Crippen LogP contribution in [0.2, 0.25) is 0 Å². The number of nitrogen functional groups attached to an aromatic ring is 1. The number of imidazole rings is 1. The van der Waals surface area contributed by atoms with E-state index in [1.54, 1.807) is 24.7 Å². The van der Waals surface area contributed by atoms with Crippen LogP contribution in [0.4, 0.5) is 5.95 Å². The van der Waals surface area contributed by atoms with Crippen LogP contribution in [0.5, 0.6) is 5.88 Å². The molecule has 0 amide bonds. The van der Waals surface area contributed by atoms with Crippen molar-refractivity contribution in [3.8, 4) is 5.88 Å². The van der Waals surface area contributed by atoms with E-state index in [0.717, 1.165) is 0 Å². The lowest BCUT2D eigenvalue weighted by Gasteiger charge is -2.32. The summed E-state index contributed by atoms with van der Waals surface area (Å²) in [5.74, 6) is -0.249. The smallest absolute Gasteiger partial charge is 0.356 e. The minimum atomic E-state index is -3.53. The standard InChI is InChI=1S/C20H30N5O8P/c1-5-29-18-15-17(23-20(21)24-18)25(9-22-15)19-12(4)16-13(32-19)8-30-34(27,33-16)10-28-7-6-14(26)31-11(2)3/h9,11-13,16,19H,5-8,10H2,1-4H3,(H2,21,23,24)/t12-,13+,16-,19+,34-/m0/s1. The van der Waals surface area contributed by atoms with E-state index in [4.69, 9.17) is 33.7 Å². The Morgan fingerprint density at radius 2 is 2.18 bits per heavy atom. The van der Waals surface area contributed by atoms with Gasteiger partial charge in [-0.25, -0.2) is 4.98 Å². The summed E-state index contributed by atoms with van der Waals surface area (Å²) in [7, 11) is -3.53. The third kappa shape index (κ3) is 5.18. The predicted octanol–water partition coefficient (Wildman–Crippen LogP) is 2.26. The molecule has 2 aromatic heterocycles. The summed E-state index contributed by atoms with van der Waals surface area (Å²) in [6, 6.07) is 0. The summed E-state index contributed by atoms with van der Waals surface area (Å²) in [6.07, 6.45) is -0.281. The van der Waals surface area contributed by atoms with Gasteiger partial charge in [-0.15, -0.1) is 0 Å². The van der Waals surface area contributed by atoms with E-state index in [-0.39, 0.29) is 49.9 Å². The van der Waals surface area contributed by atoms with Crippen molar-refractivity contribution in [3.63, 3.8) is 0 Å². The molecule has 0 saturated carbocycles. The van der Waals surface area contributed by atoms with E-state index in [1.807, 2.05) is 13.8 Å². The summed E-state index contributed by atoms with van der Waals surface area (Å²) in [4.78, 5) is 24.4. The number of anilines is 1. The predicted molar refractivity (Wildman–Crippen MR) is 119 cm³/mol. The van der Waals surface area contributed by atoms with Gasteiger partial charge in [-0.3, -0.25) is 13.9 Å². The van der Waals surface area contributed by atoms with Crippen LogP contribution in [0.25, 0.3) is 11.2 Å². The minimum absolute atomic E-state index is 0.0498. The first kappa shape index (κ1) is 24.8. The molecule has 2 aromatic rings. The zero-order chi connectivity index (χ0) is 24.5. The van der Waals surface area contributed by atoms with E-state index in [9.17, 15) is 9.36 Å². The quantitative estimate of drug-likeness (QED) is 0.305. The van der Waals surface area contributed by atoms with E-state index in [0.29, 0.717) is 23.7 Å². The van der Waals surface area contributed by atoms with Crippen molar-refractivity contribution in [3.05, 3.63) is 6.33 Å². The van der Waals surface area contributed by atoms with Gasteiger partial charge in [0.15, 0.2) is 11.2 Å². The Balaban J connectivity index is 1.42. The fraction of sp³-hybridized carbons (Fsp3) is 0.700. The number of aromatic nitrogens is 4. The number of carbonyl (C=O) groups is 1. The third-order valence-electron chi connectivity index (χ3n) is 5.40. The number of nitrogens with two attached hydrogens (primary N) is 1. The number of nitrogens with zero attached hydrogens (tertiary/aromatic N) is 4. The van der Waals surface area contributed by atoms with Crippen molar-refractivity contribution < 1.29 is 37.4 Å². The maximum atomic E-state index is 13.1. The molecular weight excluding hydrogens is 469 g/mol. The number of esters is 1. The van der Waals surface area contributed by atoms with Crippen molar-refractivity contribution in [1.82, 2.24) is 19.5 Å². The number of ether oxygens (including phenoxy) is 4. The Hall–Kier alpha value is -2.31. The molecule has 5 atom stereocenters. The Labute approximate surface area is 196 Å². The Kier molecular flexibility index (Phi) is 7.39. The Bertz CT molecular complexity index is 1080. The molecule has 188 valence electrons. The maximum Gasteiger partial charge on any atom is 0.356 e. The van der Waals surface area contributed by atoms with Gasteiger partial charge in [0.25, 0.3) is 0 Å². The molecule has 0 radical (unpaired) electrons. The third-order valence-corrected chi connectivity index (χ3v) is 7.00. The van der Waals surface area contributed by atoms with Gasteiger partial charge in [-0.05, 0) is 20.8 Å². The second kappa shape index (κ2) is 10.1. The molecule has 2 fully saturated rings. The topological polar surface area (TPSA) is 159 Å². The maximum absolute atomic E-state index is 13.1. The molecule has 2 aliphatic rings. The summed E-state index contributed by atoms with van der Waals surface area (Å²) < 4.78 is 48.3. The van der Waals surface area contributed by atoms with E-state index in [2.05, 4.69) is 15.0 Å². The van der Waals surface area contributed by atoms with Crippen LogP contribution >= 0.6 is 7.60 Å². The Morgan fingerprint density at radius 3 is 2.91 bits per heavy atom. The van der Waals surface area contributed by atoms with Crippen LogP contribution in [0.15, 0.2) is 6.33 Å². The lowest BCUT2D eigenvalue weighted by Crippen LogP contribution is -2.36. The molecule has 0 bridgehead atoms. The van der Waals surface area contributed by atoms with Gasteiger partial charge in [0.1, 0.15) is 24.8 Å². The van der Waals surface area contributed by atoms with Gasteiger partial charge in [-0.1, -0.05) is 6.92 Å². The minimum Gasteiger partial charge on any atom is -0.476 e. The zero-order valence-corrected chi connectivity index (χ0v) is 20.5. The summed E-state index contributed by atoms with van der Waals surface area (Å²) in [5, 5.41) is 0. The summed E-state index contributed by atoms with van der Waals surface area (Å²) in [6.45, 7) is 7.83. The highest BCUT2D eigenvalue weighted by atomic mass is 31.2. The van der Waals surface area contributed by atoms with E-state index >= 15 is 0 Å². The first-order valence-electron chi connectivity index (χ1n) is 11.2. The average Bonchev–Trinajstić information content (AvgIpc) is 3.32. The van der Waals surface area contributed by atoms with Gasteiger partial charge in [-0.2, -0.15) is 9.97 Å². The van der Waals surface area contributed by atoms with Crippen molar-refractivity contribution in [1.29, 1.82) is 0 Å². The zero-order valence-electron chi connectivity index (χ0n) is 19.6.